The number of rotatable bonds is 9. The van der Waals surface area contributed by atoms with Crippen molar-refractivity contribution in [3.05, 3.63) is 103 Å². The summed E-state index contributed by atoms with van der Waals surface area (Å²) >= 11 is 1.16. The fourth-order valence-electron chi connectivity index (χ4n) is 4.48. The largest absolute Gasteiger partial charge is 0.490 e. The number of aromatic nitrogens is 1. The van der Waals surface area contributed by atoms with E-state index in [1.807, 2.05) is 13.8 Å². The number of aromatic carboxylic acids is 1. The first-order chi connectivity index (χ1) is 19.8. The second-order valence-corrected chi connectivity index (χ2v) is 9.84. The van der Waals surface area contributed by atoms with E-state index in [4.69, 9.17) is 23.7 Å². The molecule has 3 heterocycles. The van der Waals surface area contributed by atoms with E-state index in [1.165, 1.54) is 30.0 Å². The highest BCUT2D eigenvalue weighted by atomic mass is 32.1. The first-order valence-corrected chi connectivity index (χ1v) is 13.6. The van der Waals surface area contributed by atoms with E-state index in [0.717, 1.165) is 11.3 Å². The van der Waals surface area contributed by atoms with Crippen LogP contribution in [0, 0.1) is 0 Å². The van der Waals surface area contributed by atoms with Crippen molar-refractivity contribution >= 4 is 29.4 Å². The Morgan fingerprint density at radius 3 is 2.46 bits per heavy atom. The second kappa shape index (κ2) is 11.7. The zero-order valence-electron chi connectivity index (χ0n) is 22.5. The number of fused-ring (bicyclic) bond motifs is 1. The van der Waals surface area contributed by atoms with Gasteiger partial charge in [0, 0.05) is 17.8 Å². The van der Waals surface area contributed by atoms with Crippen molar-refractivity contribution in [2.24, 2.45) is 4.99 Å². The Kier molecular flexibility index (Phi) is 7.88. The smallest absolute Gasteiger partial charge is 0.337 e. The maximum atomic E-state index is 13.8. The number of hydrogen-bond acceptors (Lipinski definition) is 9. The summed E-state index contributed by atoms with van der Waals surface area (Å²) in [5.74, 6) is 0.375. The van der Waals surface area contributed by atoms with Gasteiger partial charge in [-0.15, -0.1) is 0 Å². The summed E-state index contributed by atoms with van der Waals surface area (Å²) in [7, 11) is 1.28. The molecule has 0 aliphatic carbocycles. The Morgan fingerprint density at radius 2 is 1.78 bits per heavy atom. The highest BCUT2D eigenvalue weighted by Crippen LogP contribution is 2.35. The Balaban J connectivity index is 1.58. The summed E-state index contributed by atoms with van der Waals surface area (Å²) in [6.45, 7) is 4.58. The minimum absolute atomic E-state index is 0.170. The van der Waals surface area contributed by atoms with Crippen LogP contribution in [0.2, 0.25) is 0 Å². The van der Waals surface area contributed by atoms with Gasteiger partial charge < -0.3 is 23.7 Å². The van der Waals surface area contributed by atoms with Crippen molar-refractivity contribution in [3.8, 4) is 22.8 Å². The molecule has 1 N–H and O–H groups in total. The van der Waals surface area contributed by atoms with Crippen LogP contribution < -0.4 is 24.4 Å². The van der Waals surface area contributed by atoms with Crippen LogP contribution in [0.15, 0.2) is 80.6 Å². The summed E-state index contributed by atoms with van der Waals surface area (Å²) in [6, 6.07) is 14.2. The van der Waals surface area contributed by atoms with Crippen LogP contribution in [0.25, 0.3) is 17.4 Å². The summed E-state index contributed by atoms with van der Waals surface area (Å²) in [5, 5.41) is 9.13. The van der Waals surface area contributed by atoms with Crippen LogP contribution in [-0.2, 0) is 9.53 Å². The molecule has 2 aromatic carbocycles. The molecule has 10 nitrogen and oxygen atoms in total. The maximum absolute atomic E-state index is 13.8. The molecule has 41 heavy (non-hydrogen) atoms. The number of carbonyl (C=O) groups excluding carboxylic acids is 1. The Bertz CT molecular complexity index is 1830. The topological polar surface area (TPSA) is 130 Å². The third-order valence-electron chi connectivity index (χ3n) is 6.32. The van der Waals surface area contributed by atoms with Gasteiger partial charge in [-0.1, -0.05) is 29.5 Å². The number of carboxylic acid groups (broad SMARTS) is 1. The molecule has 2 aromatic heterocycles. The van der Waals surface area contributed by atoms with E-state index in [1.54, 1.807) is 48.5 Å². The van der Waals surface area contributed by atoms with E-state index in [0.29, 0.717) is 56.7 Å². The molecule has 0 fully saturated rings. The number of furan rings is 1. The number of benzene rings is 2. The quantitative estimate of drug-likeness (QED) is 0.299. The lowest BCUT2D eigenvalue weighted by Crippen LogP contribution is -2.39. The fourth-order valence-corrected chi connectivity index (χ4v) is 5.43. The van der Waals surface area contributed by atoms with Gasteiger partial charge in [0.05, 0.1) is 42.0 Å². The summed E-state index contributed by atoms with van der Waals surface area (Å²) in [4.78, 5) is 42.5. The van der Waals surface area contributed by atoms with Crippen molar-refractivity contribution < 1.29 is 33.3 Å². The molecule has 0 saturated carbocycles. The average molecular weight is 575 g/mol. The first kappa shape index (κ1) is 27.7. The van der Waals surface area contributed by atoms with Gasteiger partial charge in [0.15, 0.2) is 16.3 Å². The van der Waals surface area contributed by atoms with Gasteiger partial charge in [0.25, 0.3) is 5.56 Å². The number of esters is 1. The molecule has 5 rings (SSSR count). The third kappa shape index (κ3) is 5.44. The highest BCUT2D eigenvalue weighted by molar-refractivity contribution is 7.07. The molecule has 0 saturated heterocycles. The highest BCUT2D eigenvalue weighted by Gasteiger charge is 2.31. The van der Waals surface area contributed by atoms with E-state index >= 15 is 0 Å². The lowest BCUT2D eigenvalue weighted by atomic mass is 9.97. The number of methoxy groups -OCH3 is 1. The molecule has 0 radical (unpaired) electrons. The lowest BCUT2D eigenvalue weighted by molar-refractivity contribution is -0.136. The van der Waals surface area contributed by atoms with Gasteiger partial charge in [-0.05, 0) is 55.8 Å². The van der Waals surface area contributed by atoms with Crippen LogP contribution in [0.4, 0.5) is 0 Å². The van der Waals surface area contributed by atoms with Gasteiger partial charge in [-0.3, -0.25) is 9.36 Å². The van der Waals surface area contributed by atoms with Gasteiger partial charge in [0.2, 0.25) is 0 Å². The standard InChI is InChI=1S/C30H26N2O8S/c1-4-38-23-12-10-19(14-24(23)39-5-2)26-21(29(36)37-3)16-31-30-32(26)27(33)25(41-30)15-20-11-13-22(40-20)17-6-8-18(9-7-17)28(34)35/h6-16,26H,4-5H2,1-3H3,(H,34,35)/b25-15-/t26-/m0/s1. The van der Waals surface area contributed by atoms with E-state index in [9.17, 15) is 14.4 Å². The molecule has 1 aliphatic rings. The molecule has 0 amide bonds. The summed E-state index contributed by atoms with van der Waals surface area (Å²) < 4.78 is 24.2. The lowest BCUT2D eigenvalue weighted by Gasteiger charge is -2.23. The minimum atomic E-state index is -1.01. The normalized spacial score (nSPS) is 14.6. The SMILES string of the molecule is CCOc1ccc([C@H]2C(C(=O)OC)=CN=c3s/c(=C\c4ccc(-c5ccc(C(=O)O)cc5)o4)c(=O)n32)cc1OCC. The van der Waals surface area contributed by atoms with E-state index < -0.39 is 18.0 Å². The zero-order chi connectivity index (χ0) is 29.1. The predicted molar refractivity (Wildman–Crippen MR) is 151 cm³/mol. The van der Waals surface area contributed by atoms with E-state index in [2.05, 4.69) is 4.99 Å². The molecule has 11 heteroatoms. The predicted octanol–water partition coefficient (Wildman–Crippen LogP) is 3.77. The Hall–Kier alpha value is -4.90. The number of ether oxygens (including phenoxy) is 3. The van der Waals surface area contributed by atoms with Gasteiger partial charge >= 0.3 is 11.9 Å². The van der Waals surface area contributed by atoms with Crippen molar-refractivity contribution in [2.75, 3.05) is 20.3 Å². The number of hydrogen-bond donors (Lipinski definition) is 1. The number of nitrogens with zero attached hydrogens (tertiary/aromatic N) is 2. The molecule has 1 atom stereocenters. The van der Waals surface area contributed by atoms with Gasteiger partial charge in [-0.25, -0.2) is 14.6 Å². The fraction of sp³-hybridized carbons (Fsp3) is 0.200. The molecule has 4 aromatic rings. The van der Waals surface area contributed by atoms with Crippen molar-refractivity contribution in [1.29, 1.82) is 0 Å². The summed E-state index contributed by atoms with van der Waals surface area (Å²) in [5.41, 5.74) is 1.33. The third-order valence-corrected chi connectivity index (χ3v) is 7.32. The first-order valence-electron chi connectivity index (χ1n) is 12.8. The van der Waals surface area contributed by atoms with Crippen LogP contribution in [0.5, 0.6) is 11.5 Å². The van der Waals surface area contributed by atoms with Crippen molar-refractivity contribution in [1.82, 2.24) is 4.57 Å². The zero-order valence-corrected chi connectivity index (χ0v) is 23.3. The van der Waals surface area contributed by atoms with Gasteiger partial charge in [-0.2, -0.15) is 0 Å². The molecule has 0 unspecified atom stereocenters. The molecule has 0 bridgehead atoms. The molecular weight excluding hydrogens is 548 g/mol. The number of thiazole rings is 1. The summed E-state index contributed by atoms with van der Waals surface area (Å²) in [6.07, 6.45) is 3.04. The van der Waals surface area contributed by atoms with E-state index in [-0.39, 0.29) is 16.7 Å². The van der Waals surface area contributed by atoms with Crippen LogP contribution in [0.3, 0.4) is 0 Å². The Labute approximate surface area is 238 Å². The number of carboxylic acids is 1. The van der Waals surface area contributed by atoms with Crippen molar-refractivity contribution in [3.63, 3.8) is 0 Å². The monoisotopic (exact) mass is 574 g/mol. The van der Waals surface area contributed by atoms with Crippen LogP contribution in [0.1, 0.15) is 41.6 Å². The van der Waals surface area contributed by atoms with Crippen LogP contribution >= 0.6 is 11.3 Å². The second-order valence-electron chi connectivity index (χ2n) is 8.83. The Morgan fingerprint density at radius 1 is 1.05 bits per heavy atom. The minimum Gasteiger partial charge on any atom is -0.490 e. The number of carbonyl (C=O) groups is 2. The van der Waals surface area contributed by atoms with Crippen LogP contribution in [-0.4, -0.2) is 41.9 Å². The maximum Gasteiger partial charge on any atom is 0.337 e. The van der Waals surface area contributed by atoms with Crippen molar-refractivity contribution in [2.45, 2.75) is 19.9 Å². The average Bonchev–Trinajstić information content (AvgIpc) is 3.57. The van der Waals surface area contributed by atoms with Gasteiger partial charge in [0.1, 0.15) is 11.5 Å². The molecular formula is C30H26N2O8S. The molecule has 0 spiro atoms. The molecule has 1 aliphatic heterocycles. The molecule has 210 valence electrons.